The number of hydrazine groups is 1. The molecule has 0 aliphatic carbocycles. The summed E-state index contributed by atoms with van der Waals surface area (Å²) in [7, 11) is -1.88. The van der Waals surface area contributed by atoms with Crippen molar-refractivity contribution in [2.24, 2.45) is 5.92 Å². The van der Waals surface area contributed by atoms with Crippen molar-refractivity contribution >= 4 is 16.2 Å². The molecule has 2 N–H and O–H groups in total. The molecule has 1 fully saturated rings. The predicted octanol–water partition coefficient (Wildman–Crippen LogP) is 0.341. The minimum Gasteiger partial charge on any atom is -0.460 e. The Morgan fingerprint density at radius 2 is 1.77 bits per heavy atom. The highest BCUT2D eigenvalue weighted by molar-refractivity contribution is 7.87. The molecule has 1 aliphatic heterocycles. The van der Waals surface area contributed by atoms with Crippen molar-refractivity contribution in [3.05, 3.63) is 35.9 Å². The zero-order valence-corrected chi connectivity index (χ0v) is 16.3. The number of rotatable bonds is 8. The fraction of sp³-hybridized carbons (Fsp3) is 0.588. The van der Waals surface area contributed by atoms with Crippen LogP contribution in [-0.4, -0.2) is 63.6 Å². The lowest BCUT2D eigenvalue weighted by atomic mass is 10.1. The zero-order valence-electron chi connectivity index (χ0n) is 15.5. The fourth-order valence-corrected chi connectivity index (χ4v) is 3.81. The molecule has 146 valence electrons. The van der Waals surface area contributed by atoms with Crippen LogP contribution in [0.3, 0.4) is 0 Å². The van der Waals surface area contributed by atoms with E-state index in [-0.39, 0.29) is 12.5 Å². The number of ether oxygens (including phenoxy) is 1. The zero-order chi connectivity index (χ0) is 19.2. The van der Waals surface area contributed by atoms with Crippen molar-refractivity contribution in [1.29, 1.82) is 0 Å². The van der Waals surface area contributed by atoms with E-state index >= 15 is 0 Å². The second-order valence-corrected chi connectivity index (χ2v) is 8.24. The second kappa shape index (κ2) is 9.43. The quantitative estimate of drug-likeness (QED) is 0.628. The number of piperazine rings is 1. The van der Waals surface area contributed by atoms with Gasteiger partial charge >= 0.3 is 5.97 Å². The Labute approximate surface area is 155 Å². The van der Waals surface area contributed by atoms with Gasteiger partial charge in [0, 0.05) is 26.2 Å². The van der Waals surface area contributed by atoms with Gasteiger partial charge in [0.1, 0.15) is 12.6 Å². The van der Waals surface area contributed by atoms with E-state index in [4.69, 9.17) is 4.74 Å². The van der Waals surface area contributed by atoms with Gasteiger partial charge in [-0.1, -0.05) is 44.2 Å². The molecule has 26 heavy (non-hydrogen) atoms. The molecule has 1 atom stereocenters. The molecule has 0 radical (unpaired) electrons. The average molecular weight is 385 g/mol. The van der Waals surface area contributed by atoms with Crippen molar-refractivity contribution in [2.45, 2.75) is 26.5 Å². The van der Waals surface area contributed by atoms with Gasteiger partial charge in [-0.25, -0.2) is 5.01 Å². The molecule has 1 aromatic rings. The van der Waals surface area contributed by atoms with Crippen LogP contribution < -0.4 is 9.55 Å². The normalized spacial score (nSPS) is 18.0. The Kier molecular flexibility index (Phi) is 7.54. The van der Waals surface area contributed by atoms with E-state index in [0.29, 0.717) is 13.1 Å². The largest absolute Gasteiger partial charge is 0.460 e. The van der Waals surface area contributed by atoms with E-state index in [2.05, 4.69) is 14.5 Å². The van der Waals surface area contributed by atoms with E-state index in [1.807, 2.05) is 37.4 Å². The predicted molar refractivity (Wildman–Crippen MR) is 99.1 cm³/mol. The minimum absolute atomic E-state index is 0.108. The van der Waals surface area contributed by atoms with Crippen LogP contribution in [0.4, 0.5) is 0 Å². The van der Waals surface area contributed by atoms with Gasteiger partial charge in [0.05, 0.1) is 0 Å². The van der Waals surface area contributed by atoms with Gasteiger partial charge in [-0.15, -0.1) is 4.83 Å². The molecule has 0 aromatic heterocycles. The summed E-state index contributed by atoms with van der Waals surface area (Å²) in [5.41, 5.74) is 0.849. The number of likely N-dealkylation sites (N-methyl/N-ethyl adjacent to an activating group) is 1. The number of nitrogens with zero attached hydrogens (tertiary/aromatic N) is 2. The van der Waals surface area contributed by atoms with Crippen molar-refractivity contribution in [3.8, 4) is 0 Å². The molecule has 8 nitrogen and oxygen atoms in total. The Morgan fingerprint density at radius 1 is 1.15 bits per heavy atom. The summed E-state index contributed by atoms with van der Waals surface area (Å²) in [4.78, 5) is 17.0. The molecule has 9 heteroatoms. The summed E-state index contributed by atoms with van der Waals surface area (Å²) in [6.07, 6.45) is 0. The highest BCUT2D eigenvalue weighted by atomic mass is 32.2. The number of nitrogens with one attached hydrogen (secondary N) is 2. The van der Waals surface area contributed by atoms with Crippen molar-refractivity contribution in [1.82, 2.24) is 19.5 Å². The van der Waals surface area contributed by atoms with Crippen LogP contribution >= 0.6 is 0 Å². The Bertz CT molecular complexity index is 673. The fourth-order valence-electron chi connectivity index (χ4n) is 2.54. The van der Waals surface area contributed by atoms with Gasteiger partial charge < -0.3 is 9.64 Å². The molecule has 0 unspecified atom stereocenters. The lowest BCUT2D eigenvalue weighted by molar-refractivity contribution is -0.148. The monoisotopic (exact) mass is 384 g/mol. The minimum atomic E-state index is -3.86. The van der Waals surface area contributed by atoms with Crippen LogP contribution in [0.5, 0.6) is 0 Å². The number of hydrogen-bond donors (Lipinski definition) is 2. The summed E-state index contributed by atoms with van der Waals surface area (Å²) in [5.74, 6) is -0.838. The smallest absolute Gasteiger partial charge is 0.324 e. The van der Waals surface area contributed by atoms with E-state index in [1.165, 1.54) is 0 Å². The molecule has 1 saturated heterocycles. The van der Waals surface area contributed by atoms with Crippen LogP contribution in [-0.2, 0) is 26.3 Å². The average Bonchev–Trinajstić information content (AvgIpc) is 2.60. The molecule has 0 saturated carbocycles. The molecule has 2 rings (SSSR count). The highest BCUT2D eigenvalue weighted by Crippen LogP contribution is 2.09. The van der Waals surface area contributed by atoms with Crippen LogP contribution in [0, 0.1) is 5.92 Å². The molecule has 0 bridgehead atoms. The van der Waals surface area contributed by atoms with Crippen molar-refractivity contribution in [3.63, 3.8) is 0 Å². The third kappa shape index (κ3) is 6.65. The molecule has 0 spiro atoms. The van der Waals surface area contributed by atoms with E-state index in [1.54, 1.807) is 18.9 Å². The van der Waals surface area contributed by atoms with E-state index < -0.39 is 22.2 Å². The molecule has 1 heterocycles. The number of benzene rings is 1. The highest BCUT2D eigenvalue weighted by Gasteiger charge is 2.30. The lowest BCUT2D eigenvalue weighted by Gasteiger charge is -2.32. The molecular weight excluding hydrogens is 356 g/mol. The maximum absolute atomic E-state index is 12.4. The number of carbonyl (C=O) groups is 1. The maximum Gasteiger partial charge on any atom is 0.324 e. The van der Waals surface area contributed by atoms with Crippen molar-refractivity contribution in [2.75, 3.05) is 33.2 Å². The number of hydrogen-bond acceptors (Lipinski definition) is 6. The second-order valence-electron chi connectivity index (χ2n) is 6.82. The third-order valence-electron chi connectivity index (χ3n) is 4.18. The Morgan fingerprint density at radius 3 is 2.35 bits per heavy atom. The van der Waals surface area contributed by atoms with Gasteiger partial charge in [0.2, 0.25) is 0 Å². The topological polar surface area (TPSA) is 91.0 Å². The Balaban J connectivity index is 1.92. The number of esters is 1. The van der Waals surface area contributed by atoms with E-state index in [9.17, 15) is 13.2 Å². The first kappa shape index (κ1) is 20.8. The first-order chi connectivity index (χ1) is 12.3. The third-order valence-corrected chi connectivity index (χ3v) is 5.24. The first-order valence-electron chi connectivity index (χ1n) is 8.70. The van der Waals surface area contributed by atoms with Gasteiger partial charge in [0.25, 0.3) is 10.2 Å². The summed E-state index contributed by atoms with van der Waals surface area (Å²) in [5, 5.41) is 1.63. The summed E-state index contributed by atoms with van der Waals surface area (Å²) in [6, 6.07) is 8.31. The molecular formula is C17H28N4O4S. The SMILES string of the molecule is CC(C)[C@H](NS(=O)(=O)NN1CCN(C)CC1)C(=O)OCc1ccccc1. The maximum atomic E-state index is 12.4. The molecule has 1 aliphatic rings. The van der Waals surface area contributed by atoms with Gasteiger partial charge in [-0.3, -0.25) is 4.79 Å². The molecule has 0 amide bonds. The lowest BCUT2D eigenvalue weighted by Crippen LogP contribution is -2.57. The summed E-state index contributed by atoms with van der Waals surface area (Å²) in [6.45, 7) is 6.37. The first-order valence-corrected chi connectivity index (χ1v) is 10.2. The standard InChI is InChI=1S/C17H28N4O4S/c1-14(2)16(17(22)25-13-15-7-5-4-6-8-15)18-26(23,24)19-21-11-9-20(3)10-12-21/h4-8,14,16,18-19H,9-13H2,1-3H3/t16-/m0/s1. The summed E-state index contributed by atoms with van der Waals surface area (Å²) < 4.78 is 32.5. The van der Waals surface area contributed by atoms with Crippen LogP contribution in [0.15, 0.2) is 30.3 Å². The number of carbonyl (C=O) groups excluding carboxylic acids is 1. The van der Waals surface area contributed by atoms with Crippen molar-refractivity contribution < 1.29 is 17.9 Å². The van der Waals surface area contributed by atoms with Crippen LogP contribution in [0.1, 0.15) is 19.4 Å². The van der Waals surface area contributed by atoms with Gasteiger partial charge in [0.15, 0.2) is 0 Å². The van der Waals surface area contributed by atoms with Crippen LogP contribution in [0.2, 0.25) is 0 Å². The molecule has 1 aromatic carbocycles. The van der Waals surface area contributed by atoms with E-state index in [0.717, 1.165) is 18.7 Å². The van der Waals surface area contributed by atoms with Gasteiger partial charge in [-0.2, -0.15) is 13.1 Å². The van der Waals surface area contributed by atoms with Crippen LogP contribution in [0.25, 0.3) is 0 Å². The Hall–Kier alpha value is -1.52. The summed E-state index contributed by atoms with van der Waals surface area (Å²) >= 11 is 0. The van der Waals surface area contributed by atoms with Gasteiger partial charge in [-0.05, 0) is 18.5 Å².